The summed E-state index contributed by atoms with van der Waals surface area (Å²) in [6.45, 7) is 0.984. The zero-order valence-electron chi connectivity index (χ0n) is 10.2. The first-order valence-corrected chi connectivity index (χ1v) is 5.31. The number of rotatable bonds is 6. The molecule has 0 aliphatic heterocycles. The molecule has 2 N–H and O–H groups in total. The van der Waals surface area contributed by atoms with Gasteiger partial charge < -0.3 is 14.9 Å². The van der Waals surface area contributed by atoms with Crippen molar-refractivity contribution in [3.63, 3.8) is 0 Å². The summed E-state index contributed by atoms with van der Waals surface area (Å²) in [5.74, 6) is -2.34. The van der Waals surface area contributed by atoms with Crippen LogP contribution in [0.3, 0.4) is 0 Å². The lowest BCUT2D eigenvalue weighted by Gasteiger charge is -2.19. The lowest BCUT2D eigenvalue weighted by Crippen LogP contribution is -2.37. The lowest BCUT2D eigenvalue weighted by molar-refractivity contribution is -0.254. The molecule has 0 spiro atoms. The summed E-state index contributed by atoms with van der Waals surface area (Å²) < 4.78 is 53.0. The number of hydrogen-bond acceptors (Lipinski definition) is 4. The zero-order valence-corrected chi connectivity index (χ0v) is 10.2. The number of aromatic nitrogens is 1. The number of alkyl halides is 4. The van der Waals surface area contributed by atoms with Gasteiger partial charge in [0.15, 0.2) is 5.60 Å². The average molecular weight is 297 g/mol. The molecular formula is C11H11F4NO4. The van der Waals surface area contributed by atoms with Gasteiger partial charge in [-0.25, -0.2) is 9.78 Å². The maximum absolute atomic E-state index is 12.7. The van der Waals surface area contributed by atoms with Gasteiger partial charge in [0.2, 0.25) is 5.88 Å². The van der Waals surface area contributed by atoms with E-state index in [4.69, 9.17) is 5.11 Å². The molecule has 0 fully saturated rings. The Kier molecular flexibility index (Phi) is 4.53. The van der Waals surface area contributed by atoms with Crippen molar-refractivity contribution in [1.29, 1.82) is 0 Å². The predicted molar refractivity (Wildman–Crippen MR) is 57.8 cm³/mol. The normalized spacial score (nSPS) is 14.9. The Morgan fingerprint density at radius 1 is 1.45 bits per heavy atom. The second-order valence-corrected chi connectivity index (χ2v) is 4.19. The second kappa shape index (κ2) is 5.61. The minimum absolute atomic E-state index is 0.0973. The average Bonchev–Trinajstić information content (AvgIpc) is 2.27. The number of pyridine rings is 1. The van der Waals surface area contributed by atoms with E-state index < -0.39 is 36.4 Å². The van der Waals surface area contributed by atoms with Crippen LogP contribution in [0.1, 0.15) is 12.6 Å². The Labute approximate surface area is 110 Å². The number of nitrogens with zero attached hydrogens (tertiary/aromatic N) is 1. The summed E-state index contributed by atoms with van der Waals surface area (Å²) in [5, 5.41) is 18.2. The highest BCUT2D eigenvalue weighted by atomic mass is 19.3. The molecule has 1 heterocycles. The van der Waals surface area contributed by atoms with Gasteiger partial charge in [-0.2, -0.15) is 17.6 Å². The number of hydrogen-bond donors (Lipinski definition) is 2. The molecule has 0 saturated heterocycles. The SMILES string of the molecule is CC(O)(Cc1cccc(OC(F)(F)C(F)F)n1)C(=O)O. The number of carboxylic acid groups (broad SMARTS) is 1. The maximum Gasteiger partial charge on any atom is 0.462 e. The zero-order chi connectivity index (χ0) is 15.6. The standard InChI is InChI=1S/C11H11F4NO4/c1-10(19,9(17)18)5-6-3-2-4-7(16-6)20-11(14,15)8(12)13/h2-4,8,19H,5H2,1H3,(H,17,18). The topological polar surface area (TPSA) is 79.7 Å². The van der Waals surface area contributed by atoms with Crippen LogP contribution in [0, 0.1) is 0 Å². The van der Waals surface area contributed by atoms with Crippen molar-refractivity contribution in [3.05, 3.63) is 23.9 Å². The molecule has 0 radical (unpaired) electrons. The third kappa shape index (κ3) is 4.05. The number of ether oxygens (including phenoxy) is 1. The first-order valence-electron chi connectivity index (χ1n) is 5.31. The summed E-state index contributed by atoms with van der Waals surface area (Å²) in [6.07, 6.45) is -9.24. The first kappa shape index (κ1) is 16.2. The monoisotopic (exact) mass is 297 g/mol. The fourth-order valence-electron chi connectivity index (χ4n) is 1.23. The first-order chi connectivity index (χ1) is 9.04. The number of halogens is 4. The van der Waals surface area contributed by atoms with Crippen LogP contribution in [0.2, 0.25) is 0 Å². The quantitative estimate of drug-likeness (QED) is 0.781. The van der Waals surface area contributed by atoms with Gasteiger partial charge >= 0.3 is 18.5 Å². The Balaban J connectivity index is 2.89. The lowest BCUT2D eigenvalue weighted by atomic mass is 10.0. The van der Waals surface area contributed by atoms with E-state index >= 15 is 0 Å². The van der Waals surface area contributed by atoms with Crippen LogP contribution in [0.4, 0.5) is 17.6 Å². The van der Waals surface area contributed by atoms with E-state index in [9.17, 15) is 27.5 Å². The van der Waals surface area contributed by atoms with E-state index in [2.05, 4.69) is 9.72 Å². The van der Waals surface area contributed by atoms with Gasteiger partial charge in [-0.3, -0.25) is 0 Å². The largest absolute Gasteiger partial charge is 0.479 e. The van der Waals surface area contributed by atoms with Crippen molar-refractivity contribution in [1.82, 2.24) is 4.98 Å². The highest BCUT2D eigenvalue weighted by Gasteiger charge is 2.44. The molecule has 0 saturated carbocycles. The summed E-state index contributed by atoms with van der Waals surface area (Å²) in [6, 6.07) is 3.32. The maximum atomic E-state index is 12.7. The molecule has 0 aliphatic rings. The highest BCUT2D eigenvalue weighted by Crippen LogP contribution is 2.26. The molecule has 1 aromatic heterocycles. The molecule has 112 valence electrons. The van der Waals surface area contributed by atoms with Gasteiger partial charge in [-0.05, 0) is 13.0 Å². The summed E-state index contributed by atoms with van der Waals surface area (Å²) in [7, 11) is 0. The molecule has 1 rings (SSSR count). The smallest absolute Gasteiger partial charge is 0.462 e. The van der Waals surface area contributed by atoms with Crippen molar-refractivity contribution >= 4 is 5.97 Å². The van der Waals surface area contributed by atoms with Gasteiger partial charge in [-0.1, -0.05) is 6.07 Å². The number of carboxylic acids is 1. The number of carbonyl (C=O) groups is 1. The second-order valence-electron chi connectivity index (χ2n) is 4.19. The van der Waals surface area contributed by atoms with E-state index in [1.165, 1.54) is 6.07 Å². The molecule has 1 unspecified atom stereocenters. The Morgan fingerprint density at radius 3 is 2.55 bits per heavy atom. The third-order valence-electron chi connectivity index (χ3n) is 2.26. The molecule has 9 heteroatoms. The fourth-order valence-corrected chi connectivity index (χ4v) is 1.23. The molecule has 0 amide bonds. The fraction of sp³-hybridized carbons (Fsp3) is 0.455. The highest BCUT2D eigenvalue weighted by molar-refractivity contribution is 5.76. The number of aliphatic hydroxyl groups is 1. The van der Waals surface area contributed by atoms with Crippen LogP contribution in [0.15, 0.2) is 18.2 Å². The minimum atomic E-state index is -4.71. The third-order valence-corrected chi connectivity index (χ3v) is 2.26. The summed E-state index contributed by atoms with van der Waals surface area (Å²) in [5.41, 5.74) is -2.27. The molecule has 1 atom stereocenters. The minimum Gasteiger partial charge on any atom is -0.479 e. The van der Waals surface area contributed by atoms with Gasteiger partial charge in [0.1, 0.15) is 0 Å². The van der Waals surface area contributed by atoms with Crippen LogP contribution in [0.25, 0.3) is 0 Å². The van der Waals surface area contributed by atoms with E-state index in [1.54, 1.807) is 0 Å². The van der Waals surface area contributed by atoms with Crippen LogP contribution in [-0.4, -0.2) is 39.3 Å². The van der Waals surface area contributed by atoms with Crippen molar-refractivity contribution in [2.75, 3.05) is 0 Å². The van der Waals surface area contributed by atoms with Crippen molar-refractivity contribution < 1.29 is 37.3 Å². The summed E-state index contributed by atoms with van der Waals surface area (Å²) >= 11 is 0. The molecule has 1 aromatic rings. The van der Waals surface area contributed by atoms with E-state index in [0.29, 0.717) is 0 Å². The van der Waals surface area contributed by atoms with Crippen LogP contribution < -0.4 is 4.74 Å². The predicted octanol–water partition coefficient (Wildman–Crippen LogP) is 1.70. The number of aliphatic carboxylic acids is 1. The van der Waals surface area contributed by atoms with E-state index in [-0.39, 0.29) is 5.69 Å². The van der Waals surface area contributed by atoms with E-state index in [0.717, 1.165) is 19.1 Å². The molecular weight excluding hydrogens is 286 g/mol. The van der Waals surface area contributed by atoms with Gasteiger partial charge in [0.05, 0.1) is 0 Å². The van der Waals surface area contributed by atoms with Crippen LogP contribution in [-0.2, 0) is 11.2 Å². The van der Waals surface area contributed by atoms with Gasteiger partial charge in [-0.15, -0.1) is 0 Å². The van der Waals surface area contributed by atoms with Crippen LogP contribution in [0.5, 0.6) is 5.88 Å². The van der Waals surface area contributed by atoms with Gasteiger partial charge in [0, 0.05) is 18.2 Å². The summed E-state index contributed by atoms with van der Waals surface area (Å²) in [4.78, 5) is 14.1. The Hall–Kier alpha value is -1.90. The van der Waals surface area contributed by atoms with Crippen molar-refractivity contribution in [3.8, 4) is 5.88 Å². The van der Waals surface area contributed by atoms with E-state index in [1.807, 2.05) is 0 Å². The van der Waals surface area contributed by atoms with Gasteiger partial charge in [0.25, 0.3) is 0 Å². The van der Waals surface area contributed by atoms with Crippen molar-refractivity contribution in [2.24, 2.45) is 0 Å². The molecule has 5 nitrogen and oxygen atoms in total. The molecule has 0 aromatic carbocycles. The van der Waals surface area contributed by atoms with Crippen LogP contribution >= 0.6 is 0 Å². The Bertz CT molecular complexity index is 493. The molecule has 20 heavy (non-hydrogen) atoms. The molecule has 0 bridgehead atoms. The molecule has 0 aliphatic carbocycles. The van der Waals surface area contributed by atoms with Crippen molar-refractivity contribution in [2.45, 2.75) is 31.5 Å². The Morgan fingerprint density at radius 2 is 2.05 bits per heavy atom.